The molecule has 0 nitrogen and oxygen atoms in total. The van der Waals surface area contributed by atoms with E-state index in [1.165, 1.54) is 0 Å². The minimum atomic E-state index is 0. The first-order chi connectivity index (χ1) is 1.73. The Hall–Kier alpha value is 0.688. The van der Waals surface area contributed by atoms with Crippen LogP contribution in [0.5, 0.6) is 0 Å². The Morgan fingerprint density at radius 1 is 1.00 bits per heavy atom. The summed E-state index contributed by atoms with van der Waals surface area (Å²) in [7, 11) is 0. The van der Waals surface area contributed by atoms with Crippen molar-refractivity contribution in [3.8, 4) is 0 Å². The maximum atomic E-state index is 2.17. The van der Waals surface area contributed by atoms with Crippen LogP contribution < -0.4 is 0 Å². The van der Waals surface area contributed by atoms with Gasteiger partial charge in [-0.2, -0.15) is 0 Å². The summed E-state index contributed by atoms with van der Waals surface area (Å²) in [4.78, 5) is 0. The topological polar surface area (TPSA) is 0 Å². The maximum absolute atomic E-state index is 2.17. The molecule has 0 unspecified atom stereocenters. The summed E-state index contributed by atoms with van der Waals surface area (Å²) in [6.45, 7) is 6.50. The van der Waals surface area contributed by atoms with Crippen LogP contribution in [0.4, 0.5) is 0 Å². The van der Waals surface area contributed by atoms with Gasteiger partial charge >= 0.3 is 0 Å². The second kappa shape index (κ2) is 4.69. The Morgan fingerprint density at radius 3 is 1.00 bits per heavy atom. The summed E-state index contributed by atoms with van der Waals surface area (Å²) in [6.07, 6.45) is 0. The number of hydrogen-bond donors (Lipinski definition) is 0. The van der Waals surface area contributed by atoms with Crippen LogP contribution in [-0.4, -0.2) is 0 Å². The van der Waals surface area contributed by atoms with E-state index in [9.17, 15) is 0 Å². The SMILES string of the molecule is CC(C)C.[Pt]. The molecular weight excluding hydrogens is 243 g/mol. The van der Waals surface area contributed by atoms with Gasteiger partial charge in [-0.15, -0.1) is 0 Å². The van der Waals surface area contributed by atoms with E-state index in [1.807, 2.05) is 0 Å². The Bertz CT molecular complexity index is 8.36. The first-order valence-electron chi connectivity index (χ1n) is 1.73. The van der Waals surface area contributed by atoms with E-state index in [0.29, 0.717) is 0 Å². The molecule has 0 heterocycles. The molecule has 1 heteroatoms. The monoisotopic (exact) mass is 253 g/mol. The summed E-state index contributed by atoms with van der Waals surface area (Å²) >= 11 is 0. The fourth-order valence-electron chi connectivity index (χ4n) is 0. The van der Waals surface area contributed by atoms with E-state index in [4.69, 9.17) is 0 Å². The van der Waals surface area contributed by atoms with Gasteiger partial charge in [-0.25, -0.2) is 0 Å². The van der Waals surface area contributed by atoms with Crippen LogP contribution in [0.15, 0.2) is 0 Å². The fraction of sp³-hybridized carbons (Fsp3) is 1.00. The largest absolute Gasteiger partial charge is 0.0630 e. The van der Waals surface area contributed by atoms with E-state index in [1.54, 1.807) is 0 Å². The third kappa shape index (κ3) is 71.5. The molecule has 0 N–H and O–H groups in total. The molecule has 0 bridgehead atoms. The van der Waals surface area contributed by atoms with Gasteiger partial charge in [-0.1, -0.05) is 20.8 Å². The van der Waals surface area contributed by atoms with Gasteiger partial charge in [0.15, 0.2) is 0 Å². The Labute approximate surface area is 48.2 Å². The van der Waals surface area contributed by atoms with Crippen LogP contribution >= 0.6 is 0 Å². The van der Waals surface area contributed by atoms with E-state index in [0.717, 1.165) is 5.92 Å². The predicted octanol–water partition coefficient (Wildman–Crippen LogP) is 1.66. The molecule has 0 radical (unpaired) electrons. The molecule has 0 aromatic carbocycles. The minimum absolute atomic E-state index is 0. The molecule has 0 aliphatic rings. The third-order valence-corrected chi connectivity index (χ3v) is 0. The van der Waals surface area contributed by atoms with Crippen molar-refractivity contribution in [2.24, 2.45) is 5.92 Å². The van der Waals surface area contributed by atoms with Crippen LogP contribution in [0.25, 0.3) is 0 Å². The summed E-state index contributed by atoms with van der Waals surface area (Å²) in [5.41, 5.74) is 0. The molecule has 0 rings (SSSR count). The first kappa shape index (κ1) is 9.19. The van der Waals surface area contributed by atoms with Crippen LogP contribution in [0.3, 0.4) is 0 Å². The average Bonchev–Trinajstić information content (AvgIpc) is 0.811. The van der Waals surface area contributed by atoms with Crippen molar-refractivity contribution in [3.05, 3.63) is 0 Å². The molecule has 0 amide bonds. The van der Waals surface area contributed by atoms with Gasteiger partial charge in [0.05, 0.1) is 0 Å². The first-order valence-corrected chi connectivity index (χ1v) is 1.73. The zero-order valence-corrected chi connectivity index (χ0v) is 6.17. The van der Waals surface area contributed by atoms with E-state index in [-0.39, 0.29) is 21.1 Å². The zero-order chi connectivity index (χ0) is 3.58. The molecule has 0 aliphatic carbocycles. The normalized spacial score (nSPS) is 7.20. The second-order valence-electron chi connectivity index (χ2n) is 1.73. The van der Waals surface area contributed by atoms with Crippen molar-refractivity contribution in [2.75, 3.05) is 0 Å². The number of rotatable bonds is 0. The zero-order valence-electron chi connectivity index (χ0n) is 3.89. The van der Waals surface area contributed by atoms with Crippen molar-refractivity contribution < 1.29 is 21.1 Å². The van der Waals surface area contributed by atoms with Crippen molar-refractivity contribution in [2.45, 2.75) is 20.8 Å². The number of hydrogen-bond acceptors (Lipinski definition) is 0. The van der Waals surface area contributed by atoms with E-state index >= 15 is 0 Å². The maximum Gasteiger partial charge on any atom is 0 e. The molecule has 0 spiro atoms. The van der Waals surface area contributed by atoms with Crippen molar-refractivity contribution >= 4 is 0 Å². The summed E-state index contributed by atoms with van der Waals surface area (Å²) in [5.74, 6) is 0.833. The molecule has 36 valence electrons. The molecule has 0 saturated carbocycles. The molecule has 0 atom stereocenters. The molecule has 5 heavy (non-hydrogen) atoms. The Morgan fingerprint density at radius 2 is 1.00 bits per heavy atom. The molecule has 0 aromatic heterocycles. The van der Waals surface area contributed by atoms with Gasteiger partial charge in [0.25, 0.3) is 0 Å². The smallest absolute Gasteiger partial charge is 0 e. The van der Waals surface area contributed by atoms with Crippen molar-refractivity contribution in [3.63, 3.8) is 0 Å². The van der Waals surface area contributed by atoms with Crippen molar-refractivity contribution in [1.82, 2.24) is 0 Å². The molecule has 0 aromatic rings. The minimum Gasteiger partial charge on any atom is -0.0630 e. The van der Waals surface area contributed by atoms with Crippen molar-refractivity contribution in [1.29, 1.82) is 0 Å². The van der Waals surface area contributed by atoms with Gasteiger partial charge in [0.2, 0.25) is 0 Å². The average molecular weight is 253 g/mol. The van der Waals surface area contributed by atoms with Gasteiger partial charge in [0.1, 0.15) is 0 Å². The summed E-state index contributed by atoms with van der Waals surface area (Å²) in [5, 5.41) is 0. The predicted molar refractivity (Wildman–Crippen MR) is 20.5 cm³/mol. The van der Waals surface area contributed by atoms with Gasteiger partial charge < -0.3 is 0 Å². The fourth-order valence-corrected chi connectivity index (χ4v) is 0. The van der Waals surface area contributed by atoms with E-state index < -0.39 is 0 Å². The van der Waals surface area contributed by atoms with Crippen LogP contribution in [-0.2, 0) is 21.1 Å². The van der Waals surface area contributed by atoms with Gasteiger partial charge in [0, 0.05) is 21.1 Å². The molecular formula is C4H10Pt. The molecule has 0 aliphatic heterocycles. The molecule has 0 saturated heterocycles. The standard InChI is InChI=1S/C4H10.Pt/c1-4(2)3;/h4H,1-3H3;. The van der Waals surface area contributed by atoms with Crippen LogP contribution in [0, 0.1) is 5.92 Å². The van der Waals surface area contributed by atoms with Gasteiger partial charge in [-0.05, 0) is 5.92 Å². The third-order valence-electron chi connectivity index (χ3n) is 0. The van der Waals surface area contributed by atoms with Crippen LogP contribution in [0.1, 0.15) is 20.8 Å². The van der Waals surface area contributed by atoms with Crippen LogP contribution in [0.2, 0.25) is 0 Å². The Balaban J connectivity index is 0. The van der Waals surface area contributed by atoms with E-state index in [2.05, 4.69) is 20.8 Å². The molecule has 0 fully saturated rings. The quantitative estimate of drug-likeness (QED) is 0.616. The Kier molecular flexibility index (Phi) is 8.62. The van der Waals surface area contributed by atoms with Gasteiger partial charge in [-0.3, -0.25) is 0 Å². The summed E-state index contributed by atoms with van der Waals surface area (Å²) in [6, 6.07) is 0. The second-order valence-corrected chi connectivity index (χ2v) is 1.73. The summed E-state index contributed by atoms with van der Waals surface area (Å²) < 4.78 is 0.